The van der Waals surface area contributed by atoms with Gasteiger partial charge in [0.1, 0.15) is 0 Å². The summed E-state index contributed by atoms with van der Waals surface area (Å²) in [6.07, 6.45) is 0. The summed E-state index contributed by atoms with van der Waals surface area (Å²) in [5.74, 6) is 0.0390. The second kappa shape index (κ2) is 8.00. The van der Waals surface area contributed by atoms with Gasteiger partial charge in [-0.25, -0.2) is 4.79 Å². The minimum Gasteiger partial charge on any atom is -0.465 e. The summed E-state index contributed by atoms with van der Waals surface area (Å²) in [7, 11) is 1.38. The molecule has 0 atom stereocenters. The van der Waals surface area contributed by atoms with Gasteiger partial charge in [-0.15, -0.1) is 5.10 Å². The number of esters is 1. The zero-order valence-electron chi connectivity index (χ0n) is 16.3. The van der Waals surface area contributed by atoms with Crippen LogP contribution in [0, 0.1) is 13.8 Å². The molecule has 29 heavy (non-hydrogen) atoms. The van der Waals surface area contributed by atoms with Gasteiger partial charge in [-0.2, -0.15) is 4.68 Å². The first-order chi connectivity index (χ1) is 14.1. The van der Waals surface area contributed by atoms with Crippen LogP contribution in [0.2, 0.25) is 0 Å². The lowest BCUT2D eigenvalue weighted by Crippen LogP contribution is -2.10. The highest BCUT2D eigenvalue weighted by Gasteiger charge is 2.20. The first kappa shape index (κ1) is 19.1. The van der Waals surface area contributed by atoms with Crippen molar-refractivity contribution in [2.45, 2.75) is 24.8 Å². The van der Waals surface area contributed by atoms with Crippen LogP contribution in [0.1, 0.15) is 27.2 Å². The molecule has 146 valence electrons. The molecule has 0 spiro atoms. The number of para-hydroxylation sites is 1. The molecule has 2 aromatic carbocycles. The SMILES string of the molecule is COC(=O)c1c(CSc2nnnn2-c2cccc(C)c2)nc2ccccc2c1C. The number of hydrogen-bond acceptors (Lipinski definition) is 7. The molecule has 0 N–H and O–H groups in total. The van der Waals surface area contributed by atoms with Gasteiger partial charge < -0.3 is 4.74 Å². The molecule has 0 amide bonds. The average Bonchev–Trinajstić information content (AvgIpc) is 3.20. The van der Waals surface area contributed by atoms with Gasteiger partial charge in [0.2, 0.25) is 5.16 Å². The van der Waals surface area contributed by atoms with Gasteiger partial charge in [-0.1, -0.05) is 42.1 Å². The maximum atomic E-state index is 12.5. The molecule has 0 aliphatic heterocycles. The van der Waals surface area contributed by atoms with Crippen LogP contribution in [0.5, 0.6) is 0 Å². The zero-order valence-corrected chi connectivity index (χ0v) is 17.1. The van der Waals surface area contributed by atoms with Gasteiger partial charge in [0.15, 0.2) is 0 Å². The molecule has 7 nitrogen and oxygen atoms in total. The number of methoxy groups -OCH3 is 1. The normalized spacial score (nSPS) is 11.0. The number of aromatic nitrogens is 5. The summed E-state index contributed by atoms with van der Waals surface area (Å²) in [6, 6.07) is 15.7. The van der Waals surface area contributed by atoms with Crippen LogP contribution in [0.25, 0.3) is 16.6 Å². The van der Waals surface area contributed by atoms with Crippen LogP contribution in [0.4, 0.5) is 0 Å². The number of tetrazole rings is 1. The highest BCUT2D eigenvalue weighted by atomic mass is 32.2. The Bertz CT molecular complexity index is 1200. The number of nitrogens with zero attached hydrogens (tertiary/aromatic N) is 5. The Kier molecular flexibility index (Phi) is 5.26. The summed E-state index contributed by atoms with van der Waals surface area (Å²) < 4.78 is 6.70. The van der Waals surface area contributed by atoms with Crippen molar-refractivity contribution in [2.24, 2.45) is 0 Å². The van der Waals surface area contributed by atoms with Crippen LogP contribution in [0.15, 0.2) is 53.7 Å². The first-order valence-corrected chi connectivity index (χ1v) is 10.0. The highest BCUT2D eigenvalue weighted by Crippen LogP contribution is 2.29. The number of carbonyl (C=O) groups excluding carboxylic acids is 1. The van der Waals surface area contributed by atoms with E-state index in [1.165, 1.54) is 18.9 Å². The summed E-state index contributed by atoms with van der Waals surface area (Å²) in [4.78, 5) is 17.2. The summed E-state index contributed by atoms with van der Waals surface area (Å²) in [6.45, 7) is 3.94. The Morgan fingerprint density at radius 1 is 1.14 bits per heavy atom. The van der Waals surface area contributed by atoms with Crippen molar-refractivity contribution in [1.82, 2.24) is 25.2 Å². The predicted octanol–water partition coefficient (Wildman–Crippen LogP) is 3.91. The molecular formula is C21H19N5O2S. The van der Waals surface area contributed by atoms with Crippen molar-refractivity contribution in [3.05, 3.63) is 70.9 Å². The number of rotatable bonds is 5. The standard InChI is InChI=1S/C21H19N5O2S/c1-13-7-6-8-15(11-13)26-21(23-24-25-26)29-12-18-19(20(27)28-3)14(2)16-9-4-5-10-17(16)22-18/h4-11H,12H2,1-3H3. The Morgan fingerprint density at radius 2 is 1.97 bits per heavy atom. The number of benzene rings is 2. The van der Waals surface area contributed by atoms with Crippen molar-refractivity contribution in [1.29, 1.82) is 0 Å². The molecule has 4 aromatic rings. The molecule has 0 saturated carbocycles. The van der Waals surface area contributed by atoms with Gasteiger partial charge in [0.25, 0.3) is 0 Å². The van der Waals surface area contributed by atoms with E-state index < -0.39 is 5.97 Å². The number of pyridine rings is 1. The first-order valence-electron chi connectivity index (χ1n) is 9.03. The molecule has 0 radical (unpaired) electrons. The van der Waals surface area contributed by atoms with E-state index in [2.05, 4.69) is 15.5 Å². The second-order valence-electron chi connectivity index (χ2n) is 6.57. The fourth-order valence-electron chi connectivity index (χ4n) is 3.24. The molecule has 8 heteroatoms. The molecule has 0 fully saturated rings. The summed E-state index contributed by atoms with van der Waals surface area (Å²) >= 11 is 1.42. The Morgan fingerprint density at radius 3 is 2.76 bits per heavy atom. The van der Waals surface area contributed by atoms with Crippen LogP contribution < -0.4 is 0 Å². The van der Waals surface area contributed by atoms with E-state index >= 15 is 0 Å². The number of ether oxygens (including phenoxy) is 1. The lowest BCUT2D eigenvalue weighted by Gasteiger charge is -2.13. The maximum absolute atomic E-state index is 12.5. The molecule has 0 aliphatic rings. The van der Waals surface area contributed by atoms with E-state index in [9.17, 15) is 4.79 Å². The summed E-state index contributed by atoms with van der Waals surface area (Å²) in [5, 5.41) is 13.6. The molecule has 2 aromatic heterocycles. The fourth-order valence-corrected chi connectivity index (χ4v) is 4.07. The van der Waals surface area contributed by atoms with Gasteiger partial charge in [-0.05, 0) is 53.6 Å². The quantitative estimate of drug-likeness (QED) is 0.368. The lowest BCUT2D eigenvalue weighted by atomic mass is 10.0. The minimum atomic E-state index is -0.394. The summed E-state index contributed by atoms with van der Waals surface area (Å²) in [5.41, 5.74) is 4.84. The number of carbonyl (C=O) groups is 1. The molecule has 2 heterocycles. The van der Waals surface area contributed by atoms with E-state index in [1.54, 1.807) is 4.68 Å². The molecular weight excluding hydrogens is 386 g/mol. The van der Waals surface area contributed by atoms with E-state index in [-0.39, 0.29) is 0 Å². The number of hydrogen-bond donors (Lipinski definition) is 0. The smallest absolute Gasteiger partial charge is 0.340 e. The van der Waals surface area contributed by atoms with E-state index in [1.807, 2.05) is 62.4 Å². The Balaban J connectivity index is 1.71. The van der Waals surface area contributed by atoms with Crippen molar-refractivity contribution in [2.75, 3.05) is 7.11 Å². The van der Waals surface area contributed by atoms with E-state index in [0.717, 1.165) is 27.7 Å². The molecule has 0 aliphatic carbocycles. The van der Waals surface area contributed by atoms with Crippen LogP contribution in [-0.2, 0) is 10.5 Å². The average molecular weight is 405 g/mol. The number of thioether (sulfide) groups is 1. The van der Waals surface area contributed by atoms with Crippen molar-refractivity contribution >= 4 is 28.6 Å². The third-order valence-electron chi connectivity index (χ3n) is 4.64. The second-order valence-corrected chi connectivity index (χ2v) is 7.51. The molecule has 0 bridgehead atoms. The third kappa shape index (κ3) is 3.71. The Hall–Kier alpha value is -3.26. The third-order valence-corrected chi connectivity index (χ3v) is 5.57. The fraction of sp³-hybridized carbons (Fsp3) is 0.190. The van der Waals surface area contributed by atoms with Crippen molar-refractivity contribution in [3.8, 4) is 5.69 Å². The van der Waals surface area contributed by atoms with Gasteiger partial charge in [0.05, 0.1) is 29.6 Å². The van der Waals surface area contributed by atoms with E-state index in [0.29, 0.717) is 22.2 Å². The predicted molar refractivity (Wildman–Crippen MR) is 111 cm³/mol. The van der Waals surface area contributed by atoms with Gasteiger partial charge >= 0.3 is 5.97 Å². The van der Waals surface area contributed by atoms with E-state index in [4.69, 9.17) is 9.72 Å². The molecule has 0 unspecified atom stereocenters. The molecule has 4 rings (SSSR count). The monoisotopic (exact) mass is 405 g/mol. The topological polar surface area (TPSA) is 82.8 Å². The zero-order chi connectivity index (χ0) is 20.4. The van der Waals surface area contributed by atoms with Crippen LogP contribution in [-0.4, -0.2) is 38.3 Å². The van der Waals surface area contributed by atoms with Gasteiger partial charge in [-0.3, -0.25) is 4.98 Å². The largest absolute Gasteiger partial charge is 0.465 e. The van der Waals surface area contributed by atoms with Crippen LogP contribution >= 0.6 is 11.8 Å². The lowest BCUT2D eigenvalue weighted by molar-refractivity contribution is 0.0598. The molecule has 0 saturated heterocycles. The number of aryl methyl sites for hydroxylation is 2. The number of fused-ring (bicyclic) bond motifs is 1. The Labute approximate surface area is 172 Å². The highest BCUT2D eigenvalue weighted by molar-refractivity contribution is 7.98. The van der Waals surface area contributed by atoms with Crippen molar-refractivity contribution in [3.63, 3.8) is 0 Å². The van der Waals surface area contributed by atoms with Crippen LogP contribution in [0.3, 0.4) is 0 Å². The maximum Gasteiger partial charge on any atom is 0.340 e. The van der Waals surface area contributed by atoms with Gasteiger partial charge in [0, 0.05) is 11.1 Å². The minimum absolute atomic E-state index is 0.394. The van der Waals surface area contributed by atoms with Crippen molar-refractivity contribution < 1.29 is 9.53 Å².